The fourth-order valence-corrected chi connectivity index (χ4v) is 6.11. The van der Waals surface area contributed by atoms with Crippen LogP contribution in [0.1, 0.15) is 35.4 Å². The number of piperidine rings is 1. The number of nitrogens with one attached hydrogen (secondary N) is 1. The lowest BCUT2D eigenvalue weighted by Gasteiger charge is -2.30. The summed E-state index contributed by atoms with van der Waals surface area (Å²) in [5.74, 6) is 0.0479. The maximum Gasteiger partial charge on any atom is 0.248 e. The lowest BCUT2D eigenvalue weighted by molar-refractivity contribution is -0.126. The van der Waals surface area contributed by atoms with Gasteiger partial charge in [0.1, 0.15) is 10.6 Å². The number of amides is 1. The van der Waals surface area contributed by atoms with Gasteiger partial charge in [-0.25, -0.2) is 8.42 Å². The van der Waals surface area contributed by atoms with E-state index in [1.165, 1.54) is 9.87 Å². The second kappa shape index (κ2) is 9.49. The maximum atomic E-state index is 13.0. The Kier molecular flexibility index (Phi) is 6.67. The van der Waals surface area contributed by atoms with Gasteiger partial charge in [0, 0.05) is 25.6 Å². The average Bonchev–Trinajstić information content (AvgIpc) is 3.16. The van der Waals surface area contributed by atoms with E-state index in [0.29, 0.717) is 43.9 Å². The SMILES string of the molecule is Cc1cccc(-c2cccc(CNC(=O)C3CCN(S(=O)(=O)c4c(C)noc4C)CC3)c2)c1. The molecule has 0 saturated carbocycles. The third kappa shape index (κ3) is 5.02. The molecule has 174 valence electrons. The molecule has 8 heteroatoms. The van der Waals surface area contributed by atoms with Crippen molar-refractivity contribution in [3.8, 4) is 11.1 Å². The number of aromatic nitrogens is 1. The number of rotatable bonds is 6. The highest BCUT2D eigenvalue weighted by atomic mass is 32.2. The number of nitrogens with zero attached hydrogens (tertiary/aromatic N) is 2. The molecule has 33 heavy (non-hydrogen) atoms. The van der Waals surface area contributed by atoms with Gasteiger partial charge in [-0.3, -0.25) is 4.79 Å². The quantitative estimate of drug-likeness (QED) is 0.592. The first-order valence-corrected chi connectivity index (χ1v) is 12.6. The van der Waals surface area contributed by atoms with Gasteiger partial charge in [-0.2, -0.15) is 4.31 Å². The molecule has 1 amide bonds. The van der Waals surface area contributed by atoms with Crippen LogP contribution in [-0.4, -0.2) is 36.9 Å². The monoisotopic (exact) mass is 467 g/mol. The van der Waals surface area contributed by atoms with Crippen molar-refractivity contribution in [1.82, 2.24) is 14.8 Å². The summed E-state index contributed by atoms with van der Waals surface area (Å²) < 4.78 is 32.4. The molecule has 0 radical (unpaired) electrons. The van der Waals surface area contributed by atoms with Crippen molar-refractivity contribution in [2.24, 2.45) is 5.92 Å². The Morgan fingerprint density at radius 1 is 1.06 bits per heavy atom. The van der Waals surface area contributed by atoms with Gasteiger partial charge in [0.2, 0.25) is 15.9 Å². The normalized spacial score (nSPS) is 15.5. The van der Waals surface area contributed by atoms with Gasteiger partial charge in [-0.1, -0.05) is 53.2 Å². The summed E-state index contributed by atoms with van der Waals surface area (Å²) in [5, 5.41) is 6.78. The minimum absolute atomic E-state index is 0.0367. The fraction of sp³-hybridized carbons (Fsp3) is 0.360. The number of benzene rings is 2. The highest BCUT2D eigenvalue weighted by Gasteiger charge is 2.35. The third-order valence-electron chi connectivity index (χ3n) is 6.14. The molecule has 2 heterocycles. The molecule has 1 aliphatic heterocycles. The Hall–Kier alpha value is -2.97. The van der Waals surface area contributed by atoms with Crippen LogP contribution in [0.4, 0.5) is 0 Å². The summed E-state index contributed by atoms with van der Waals surface area (Å²) in [4.78, 5) is 12.9. The van der Waals surface area contributed by atoms with Crippen LogP contribution in [0.5, 0.6) is 0 Å². The first-order chi connectivity index (χ1) is 15.8. The van der Waals surface area contributed by atoms with Crippen LogP contribution in [0.15, 0.2) is 57.9 Å². The smallest absolute Gasteiger partial charge is 0.248 e. The molecule has 0 bridgehead atoms. The van der Waals surface area contributed by atoms with Crippen molar-refractivity contribution in [3.05, 3.63) is 71.1 Å². The number of aryl methyl sites for hydroxylation is 3. The zero-order valence-electron chi connectivity index (χ0n) is 19.2. The highest BCUT2D eigenvalue weighted by Crippen LogP contribution is 2.28. The van der Waals surface area contributed by atoms with Crippen LogP contribution < -0.4 is 5.32 Å². The molecule has 1 fully saturated rings. The minimum Gasteiger partial charge on any atom is -0.360 e. The molecule has 1 aromatic heterocycles. The van der Waals surface area contributed by atoms with E-state index in [4.69, 9.17) is 4.52 Å². The molecular weight excluding hydrogens is 438 g/mol. The topological polar surface area (TPSA) is 92.5 Å². The van der Waals surface area contributed by atoms with Crippen LogP contribution in [0.25, 0.3) is 11.1 Å². The van der Waals surface area contributed by atoms with Crippen LogP contribution in [0.2, 0.25) is 0 Å². The number of sulfonamides is 1. The van der Waals surface area contributed by atoms with E-state index in [0.717, 1.165) is 16.7 Å². The molecule has 4 rings (SSSR count). The van der Waals surface area contributed by atoms with E-state index in [9.17, 15) is 13.2 Å². The van der Waals surface area contributed by atoms with Crippen molar-refractivity contribution in [1.29, 1.82) is 0 Å². The minimum atomic E-state index is -3.67. The molecule has 7 nitrogen and oxygen atoms in total. The Bertz CT molecular complexity index is 1240. The Morgan fingerprint density at radius 3 is 2.36 bits per heavy atom. The number of hydrogen-bond acceptors (Lipinski definition) is 5. The summed E-state index contributed by atoms with van der Waals surface area (Å²) in [6.45, 7) is 6.33. The number of carbonyl (C=O) groups excluding carboxylic acids is 1. The van der Waals surface area contributed by atoms with Gasteiger partial charge in [-0.05, 0) is 56.4 Å². The molecule has 2 aromatic carbocycles. The molecule has 3 aromatic rings. The van der Waals surface area contributed by atoms with Gasteiger partial charge in [0.05, 0.1) is 0 Å². The lowest BCUT2D eigenvalue weighted by atomic mass is 9.97. The second-order valence-electron chi connectivity index (χ2n) is 8.62. The van der Waals surface area contributed by atoms with Crippen LogP contribution in [-0.2, 0) is 21.4 Å². The Morgan fingerprint density at radius 2 is 1.73 bits per heavy atom. The molecule has 1 saturated heterocycles. The predicted molar refractivity (Wildman–Crippen MR) is 126 cm³/mol. The molecular formula is C25H29N3O4S. The average molecular weight is 468 g/mol. The van der Waals surface area contributed by atoms with Gasteiger partial charge in [-0.15, -0.1) is 0 Å². The maximum absolute atomic E-state index is 13.0. The molecule has 1 N–H and O–H groups in total. The van der Waals surface area contributed by atoms with E-state index >= 15 is 0 Å². The first kappa shape index (κ1) is 23.2. The summed E-state index contributed by atoms with van der Waals surface area (Å²) in [5.41, 5.74) is 4.85. The van der Waals surface area contributed by atoms with Gasteiger partial charge < -0.3 is 9.84 Å². The van der Waals surface area contributed by atoms with Crippen molar-refractivity contribution in [2.45, 2.75) is 45.1 Å². The van der Waals surface area contributed by atoms with E-state index in [1.807, 2.05) is 18.2 Å². The Labute approximate surface area is 194 Å². The zero-order chi connectivity index (χ0) is 23.6. The number of hydrogen-bond donors (Lipinski definition) is 1. The van der Waals surface area contributed by atoms with E-state index in [2.05, 4.69) is 47.7 Å². The van der Waals surface area contributed by atoms with E-state index < -0.39 is 10.0 Å². The molecule has 0 spiro atoms. The first-order valence-electron chi connectivity index (χ1n) is 11.1. The van der Waals surface area contributed by atoms with Gasteiger partial charge >= 0.3 is 0 Å². The van der Waals surface area contributed by atoms with E-state index in [1.54, 1.807) is 13.8 Å². The summed E-state index contributed by atoms with van der Waals surface area (Å²) in [6.07, 6.45) is 0.968. The predicted octanol–water partition coefficient (Wildman–Crippen LogP) is 3.98. The van der Waals surface area contributed by atoms with Crippen molar-refractivity contribution < 1.29 is 17.7 Å². The second-order valence-corrected chi connectivity index (χ2v) is 10.5. The molecule has 0 atom stereocenters. The Balaban J connectivity index is 1.34. The van der Waals surface area contributed by atoms with E-state index in [-0.39, 0.29) is 16.7 Å². The summed E-state index contributed by atoms with van der Waals surface area (Å²) in [6, 6.07) is 16.5. The van der Waals surface area contributed by atoms with Crippen molar-refractivity contribution in [2.75, 3.05) is 13.1 Å². The molecule has 0 unspecified atom stereocenters. The highest BCUT2D eigenvalue weighted by molar-refractivity contribution is 7.89. The molecule has 1 aliphatic rings. The standard InChI is InChI=1S/C25H29N3O4S/c1-17-6-4-8-22(14-17)23-9-5-7-20(15-23)16-26-25(29)21-10-12-28(13-11-21)33(30,31)24-18(2)27-32-19(24)3/h4-9,14-15,21H,10-13,16H2,1-3H3,(H,26,29). The lowest BCUT2D eigenvalue weighted by Crippen LogP contribution is -2.43. The van der Waals surface area contributed by atoms with Gasteiger partial charge in [0.25, 0.3) is 0 Å². The van der Waals surface area contributed by atoms with Crippen LogP contribution >= 0.6 is 0 Å². The number of carbonyl (C=O) groups is 1. The molecule has 0 aliphatic carbocycles. The largest absolute Gasteiger partial charge is 0.360 e. The summed E-state index contributed by atoms with van der Waals surface area (Å²) >= 11 is 0. The van der Waals surface area contributed by atoms with Crippen molar-refractivity contribution >= 4 is 15.9 Å². The van der Waals surface area contributed by atoms with Crippen LogP contribution in [0, 0.1) is 26.7 Å². The van der Waals surface area contributed by atoms with Crippen molar-refractivity contribution in [3.63, 3.8) is 0 Å². The summed E-state index contributed by atoms with van der Waals surface area (Å²) in [7, 11) is -3.67. The fourth-order valence-electron chi connectivity index (χ4n) is 4.35. The zero-order valence-corrected chi connectivity index (χ0v) is 20.0. The van der Waals surface area contributed by atoms with Gasteiger partial charge in [0.15, 0.2) is 5.76 Å². The van der Waals surface area contributed by atoms with Crippen LogP contribution in [0.3, 0.4) is 0 Å². The third-order valence-corrected chi connectivity index (χ3v) is 8.28.